The summed E-state index contributed by atoms with van der Waals surface area (Å²) in [7, 11) is 0. The number of carbonyl (C=O) groups excluding carboxylic acids is 1. The molecule has 2 atom stereocenters. The molecule has 1 aliphatic rings. The molecule has 2 N–H and O–H groups in total. The van der Waals surface area contributed by atoms with Crippen LogP contribution < -0.4 is 5.32 Å². The Morgan fingerprint density at radius 2 is 1.74 bits per heavy atom. The van der Waals surface area contributed by atoms with Crippen LogP contribution in [-0.4, -0.2) is 47.4 Å². The van der Waals surface area contributed by atoms with Crippen molar-refractivity contribution < 1.29 is 28.6 Å². The molecule has 1 fully saturated rings. The number of nitrogens with one attached hydrogen (secondary N) is 1. The molecule has 4 rings (SSSR count). The lowest BCUT2D eigenvalue weighted by molar-refractivity contribution is -0.0524. The van der Waals surface area contributed by atoms with Crippen LogP contribution >= 0.6 is 0 Å². The third-order valence-electron chi connectivity index (χ3n) is 6.92. The number of nitrogens with zero attached hydrogens (tertiary/aromatic N) is 1. The second kappa shape index (κ2) is 13.9. The van der Waals surface area contributed by atoms with Crippen molar-refractivity contribution >= 4 is 17.7 Å². The predicted octanol–water partition coefficient (Wildman–Crippen LogP) is 6.41. The van der Waals surface area contributed by atoms with Gasteiger partial charge in [0.1, 0.15) is 5.82 Å². The number of carboxylic acid groups (broad SMARTS) is 1. The van der Waals surface area contributed by atoms with E-state index >= 15 is 0 Å². The highest BCUT2D eigenvalue weighted by molar-refractivity contribution is 5.91. The molecule has 3 aromatic carbocycles. The Balaban J connectivity index is 1.31. The van der Waals surface area contributed by atoms with Gasteiger partial charge in [0.25, 0.3) is 0 Å². The van der Waals surface area contributed by atoms with E-state index in [1.165, 1.54) is 12.1 Å². The maximum absolute atomic E-state index is 13.6. The van der Waals surface area contributed by atoms with Crippen molar-refractivity contribution in [2.45, 2.75) is 58.0 Å². The van der Waals surface area contributed by atoms with E-state index in [0.717, 1.165) is 30.4 Å². The number of rotatable bonds is 11. The van der Waals surface area contributed by atoms with Gasteiger partial charge in [0.15, 0.2) is 0 Å². The first-order chi connectivity index (χ1) is 18.9. The normalized spacial score (nSPS) is 17.0. The third-order valence-corrected chi connectivity index (χ3v) is 6.92. The van der Waals surface area contributed by atoms with Crippen molar-refractivity contribution in [3.05, 3.63) is 101 Å². The van der Waals surface area contributed by atoms with Crippen LogP contribution in [0.3, 0.4) is 0 Å². The van der Waals surface area contributed by atoms with E-state index in [0.29, 0.717) is 42.9 Å². The first-order valence-electron chi connectivity index (χ1n) is 13.3. The Kier molecular flexibility index (Phi) is 10.1. The molecule has 0 aliphatic heterocycles. The minimum Gasteiger partial charge on any atom is -0.478 e. The molecule has 1 aliphatic carbocycles. The van der Waals surface area contributed by atoms with Crippen LogP contribution in [0.2, 0.25) is 0 Å². The van der Waals surface area contributed by atoms with Gasteiger partial charge >= 0.3 is 12.0 Å². The summed E-state index contributed by atoms with van der Waals surface area (Å²) >= 11 is 0. The standard InChI is InChI=1S/C31H35FN2O5/c1-22-8-5-11-24(29(22)30(35)36)21-39-28-15-7-14-27(19-28)38-17-16-34(20-23-9-3-2-4-10-23)31(37)33-26-13-6-12-25(32)18-26/h2-6,8-13,18,27-28H,7,14-17,19-21H2,1H3,(H,33,37)(H,35,36). The minimum atomic E-state index is -0.946. The Hall–Kier alpha value is -3.75. The molecule has 39 heavy (non-hydrogen) atoms. The van der Waals surface area contributed by atoms with Crippen LogP contribution in [0.15, 0.2) is 72.8 Å². The fraction of sp³-hybridized carbons (Fsp3) is 0.355. The van der Waals surface area contributed by atoms with Gasteiger partial charge in [-0.3, -0.25) is 0 Å². The lowest BCUT2D eigenvalue weighted by Gasteiger charge is -2.30. The quantitative estimate of drug-likeness (QED) is 0.297. The SMILES string of the molecule is Cc1cccc(COC2CCCC(OCCN(Cc3ccccc3)C(=O)Nc3cccc(F)c3)C2)c1C(=O)O. The van der Waals surface area contributed by atoms with Crippen molar-refractivity contribution in [2.24, 2.45) is 0 Å². The lowest BCUT2D eigenvalue weighted by atomic mass is 9.94. The molecule has 2 unspecified atom stereocenters. The van der Waals surface area contributed by atoms with Gasteiger partial charge in [0.2, 0.25) is 0 Å². The van der Waals surface area contributed by atoms with Gasteiger partial charge in [-0.15, -0.1) is 0 Å². The van der Waals surface area contributed by atoms with Crippen LogP contribution in [0.1, 0.15) is 52.7 Å². The van der Waals surface area contributed by atoms with Gasteiger partial charge < -0.3 is 24.8 Å². The van der Waals surface area contributed by atoms with Crippen LogP contribution in [0.4, 0.5) is 14.9 Å². The number of urea groups is 1. The summed E-state index contributed by atoms with van der Waals surface area (Å²) in [6.45, 7) is 3.14. The zero-order valence-corrected chi connectivity index (χ0v) is 22.1. The van der Waals surface area contributed by atoms with E-state index in [1.54, 1.807) is 36.1 Å². The van der Waals surface area contributed by atoms with Gasteiger partial charge in [-0.25, -0.2) is 14.0 Å². The molecule has 0 aromatic heterocycles. The summed E-state index contributed by atoms with van der Waals surface area (Å²) in [5.74, 6) is -1.36. The number of aromatic carboxylic acids is 1. The first-order valence-corrected chi connectivity index (χ1v) is 13.3. The highest BCUT2D eigenvalue weighted by atomic mass is 19.1. The average molecular weight is 535 g/mol. The third kappa shape index (κ3) is 8.37. The number of aryl methyl sites for hydroxylation is 1. The van der Waals surface area contributed by atoms with Crippen molar-refractivity contribution in [1.82, 2.24) is 4.90 Å². The van der Waals surface area contributed by atoms with Crippen LogP contribution in [0.25, 0.3) is 0 Å². The summed E-state index contributed by atoms with van der Waals surface area (Å²) < 4.78 is 25.9. The van der Waals surface area contributed by atoms with E-state index in [-0.39, 0.29) is 24.8 Å². The highest BCUT2D eigenvalue weighted by Crippen LogP contribution is 2.25. The number of halogens is 1. The summed E-state index contributed by atoms with van der Waals surface area (Å²) in [6, 6.07) is 20.6. The molecule has 0 heterocycles. The number of carbonyl (C=O) groups is 2. The Bertz CT molecular complexity index is 1250. The topological polar surface area (TPSA) is 88.1 Å². The van der Waals surface area contributed by atoms with E-state index in [2.05, 4.69) is 5.32 Å². The molecule has 0 spiro atoms. The van der Waals surface area contributed by atoms with E-state index < -0.39 is 11.8 Å². The molecule has 0 radical (unpaired) electrons. The fourth-order valence-electron chi connectivity index (χ4n) is 4.92. The predicted molar refractivity (Wildman–Crippen MR) is 147 cm³/mol. The number of amides is 2. The molecule has 2 amide bonds. The summed E-state index contributed by atoms with van der Waals surface area (Å²) in [4.78, 5) is 26.4. The maximum Gasteiger partial charge on any atom is 0.336 e. The molecule has 206 valence electrons. The second-order valence-corrected chi connectivity index (χ2v) is 9.85. The van der Waals surface area contributed by atoms with Crippen LogP contribution in [0.5, 0.6) is 0 Å². The first kappa shape index (κ1) is 28.3. The van der Waals surface area contributed by atoms with Gasteiger partial charge in [0.05, 0.1) is 31.0 Å². The number of ether oxygens (including phenoxy) is 2. The molecular formula is C31H35FN2O5. The molecule has 7 nitrogen and oxygen atoms in total. The van der Waals surface area contributed by atoms with Crippen molar-refractivity contribution in [2.75, 3.05) is 18.5 Å². The number of benzene rings is 3. The van der Waals surface area contributed by atoms with E-state index in [4.69, 9.17) is 9.47 Å². The summed E-state index contributed by atoms with van der Waals surface area (Å²) in [5.41, 5.74) is 3.07. The smallest absolute Gasteiger partial charge is 0.336 e. The molecule has 3 aromatic rings. The molecule has 8 heteroatoms. The Morgan fingerprint density at radius 1 is 1.00 bits per heavy atom. The zero-order chi connectivity index (χ0) is 27.6. The van der Waals surface area contributed by atoms with Crippen molar-refractivity contribution in [1.29, 1.82) is 0 Å². The number of carboxylic acids is 1. The van der Waals surface area contributed by atoms with Gasteiger partial charge in [-0.1, -0.05) is 54.6 Å². The number of hydrogen-bond donors (Lipinski definition) is 2. The van der Waals surface area contributed by atoms with Crippen molar-refractivity contribution in [3.63, 3.8) is 0 Å². The van der Waals surface area contributed by atoms with Crippen LogP contribution in [-0.2, 0) is 22.6 Å². The molecule has 0 saturated heterocycles. The molecular weight excluding hydrogens is 499 g/mol. The lowest BCUT2D eigenvalue weighted by Crippen LogP contribution is -2.38. The van der Waals surface area contributed by atoms with Gasteiger partial charge in [0, 0.05) is 18.8 Å². The van der Waals surface area contributed by atoms with E-state index in [9.17, 15) is 19.1 Å². The number of anilines is 1. The van der Waals surface area contributed by atoms with Crippen LogP contribution in [0, 0.1) is 12.7 Å². The largest absolute Gasteiger partial charge is 0.478 e. The Labute approximate surface area is 228 Å². The minimum absolute atomic E-state index is 0.00920. The fourth-order valence-corrected chi connectivity index (χ4v) is 4.92. The molecule has 0 bridgehead atoms. The molecule has 1 saturated carbocycles. The summed E-state index contributed by atoms with van der Waals surface area (Å²) in [5, 5.41) is 12.3. The Morgan fingerprint density at radius 3 is 2.49 bits per heavy atom. The average Bonchev–Trinajstić information content (AvgIpc) is 2.92. The second-order valence-electron chi connectivity index (χ2n) is 9.85. The maximum atomic E-state index is 13.6. The van der Waals surface area contributed by atoms with Gasteiger partial charge in [-0.2, -0.15) is 0 Å². The zero-order valence-electron chi connectivity index (χ0n) is 22.1. The number of hydrogen-bond acceptors (Lipinski definition) is 4. The summed E-state index contributed by atoms with van der Waals surface area (Å²) in [6.07, 6.45) is 3.42. The van der Waals surface area contributed by atoms with E-state index in [1.807, 2.05) is 36.4 Å². The van der Waals surface area contributed by atoms with Gasteiger partial charge in [-0.05, 0) is 67.5 Å². The highest BCUT2D eigenvalue weighted by Gasteiger charge is 2.25. The monoisotopic (exact) mass is 534 g/mol. The van der Waals surface area contributed by atoms with Crippen molar-refractivity contribution in [3.8, 4) is 0 Å².